The van der Waals surface area contributed by atoms with Gasteiger partial charge in [0.15, 0.2) is 0 Å². The second kappa shape index (κ2) is 24.8. The molecular formula is C24H48O2S2Sn. The Hall–Kier alpha value is 0.579. The molecule has 0 aromatic carbocycles. The van der Waals surface area contributed by atoms with Crippen molar-refractivity contribution in [3.05, 3.63) is 0 Å². The number of carbonyl (C=O) groups is 2. The van der Waals surface area contributed by atoms with Gasteiger partial charge in [-0.2, -0.15) is 0 Å². The first-order valence-corrected chi connectivity index (χ1v) is 18.0. The molecule has 0 N–H and O–H groups in total. The molecule has 0 bridgehead atoms. The topological polar surface area (TPSA) is 34.1 Å². The molecule has 172 valence electrons. The molecule has 5 heteroatoms. The Morgan fingerprint density at radius 3 is 1.03 bits per heavy atom. The zero-order valence-corrected chi connectivity index (χ0v) is 25.0. The summed E-state index contributed by atoms with van der Waals surface area (Å²) < 4.78 is 0. The van der Waals surface area contributed by atoms with Gasteiger partial charge in [0, 0.05) is 10.2 Å². The van der Waals surface area contributed by atoms with E-state index in [0.29, 0.717) is 0 Å². The first-order chi connectivity index (χ1) is 13.5. The van der Waals surface area contributed by atoms with Crippen molar-refractivity contribution in [3.63, 3.8) is 0 Å². The van der Waals surface area contributed by atoms with Gasteiger partial charge in [-0.25, -0.2) is 0 Å². The van der Waals surface area contributed by atoms with Crippen molar-refractivity contribution in [3.8, 4) is 0 Å². The molecule has 2 unspecified atom stereocenters. The van der Waals surface area contributed by atoms with E-state index in [2.05, 4.69) is 62.8 Å². The summed E-state index contributed by atoms with van der Waals surface area (Å²) in [6.45, 7) is 12.8. The van der Waals surface area contributed by atoms with E-state index in [0.717, 1.165) is 37.5 Å². The number of rotatable bonds is 14. The van der Waals surface area contributed by atoms with E-state index in [9.17, 15) is 9.59 Å². The molecule has 0 fully saturated rings. The molecule has 0 saturated carbocycles. The third kappa shape index (κ3) is 33.4. The van der Waals surface area contributed by atoms with Gasteiger partial charge in [-0.15, -0.1) is 0 Å². The van der Waals surface area contributed by atoms with Crippen LogP contribution in [0.3, 0.4) is 0 Å². The van der Waals surface area contributed by atoms with Gasteiger partial charge >= 0.3 is 31.0 Å². The van der Waals surface area contributed by atoms with E-state index in [1.807, 2.05) is 13.8 Å². The number of unbranched alkanes of at least 4 members (excludes halogenated alkanes) is 4. The summed E-state index contributed by atoms with van der Waals surface area (Å²) in [7, 11) is 0. The molecule has 0 spiro atoms. The van der Waals surface area contributed by atoms with Gasteiger partial charge in [0.05, 0.1) is 0 Å². The van der Waals surface area contributed by atoms with Gasteiger partial charge in [-0.3, -0.25) is 0 Å². The van der Waals surface area contributed by atoms with Crippen molar-refractivity contribution < 1.29 is 9.59 Å². The average molecular weight is 551 g/mol. The van der Waals surface area contributed by atoms with Crippen LogP contribution >= 0.6 is 0 Å². The monoisotopic (exact) mass is 552 g/mol. The van der Waals surface area contributed by atoms with Gasteiger partial charge in [0.1, 0.15) is 0 Å². The van der Waals surface area contributed by atoms with E-state index in [1.165, 1.54) is 38.5 Å². The third-order valence-electron chi connectivity index (χ3n) is 4.64. The summed E-state index contributed by atoms with van der Waals surface area (Å²) in [5.41, 5.74) is 0. The van der Waals surface area contributed by atoms with Crippen LogP contribution in [-0.2, 0) is 34.8 Å². The first kappa shape index (κ1) is 34.2. The second-order valence-electron chi connectivity index (χ2n) is 9.00. The van der Waals surface area contributed by atoms with Gasteiger partial charge < -0.3 is 34.8 Å². The van der Waals surface area contributed by atoms with E-state index in [1.54, 1.807) is 0 Å². The standard InChI is InChI=1S/2C11H22OS.2CH3.Sn/c2*1-9(2)7-5-4-6-8-10(3)11(12)13;;;/h2*9-10H,4-8H2,1-3H3,(H,12,13);2*1H3;/q;;;;+2/p-2. The zero-order valence-electron chi connectivity index (χ0n) is 20.5. The van der Waals surface area contributed by atoms with Gasteiger partial charge in [0.25, 0.3) is 0 Å². The van der Waals surface area contributed by atoms with Gasteiger partial charge in [-0.1, -0.05) is 92.9 Å². The Kier molecular flexibility index (Phi) is 29.3. The van der Waals surface area contributed by atoms with Crippen LogP contribution in [0, 0.1) is 23.7 Å². The number of carbonyl (C=O) groups excluding carboxylic acids is 2. The molecule has 0 rings (SSSR count). The minimum atomic E-state index is -0.0798. The predicted molar refractivity (Wildman–Crippen MR) is 136 cm³/mol. The van der Waals surface area contributed by atoms with Crippen molar-refractivity contribution in [1.82, 2.24) is 0 Å². The maximum atomic E-state index is 10.7. The fourth-order valence-corrected chi connectivity index (χ4v) is 2.83. The summed E-state index contributed by atoms with van der Waals surface area (Å²) in [5.74, 6) is 1.79. The predicted octanol–water partition coefficient (Wildman–Crippen LogP) is 7.39. The fraction of sp³-hybridized carbons (Fsp3) is 0.917. The van der Waals surface area contributed by atoms with E-state index in [-0.39, 0.29) is 43.2 Å². The van der Waals surface area contributed by atoms with Crippen LogP contribution < -0.4 is 0 Å². The molecule has 0 aliphatic heterocycles. The molecule has 0 aliphatic rings. The van der Waals surface area contributed by atoms with Crippen LogP contribution in [0.5, 0.6) is 0 Å². The minimum absolute atomic E-state index is 0.0798. The molecule has 0 aromatic rings. The summed E-state index contributed by atoms with van der Waals surface area (Å²) in [6, 6.07) is 0. The quantitative estimate of drug-likeness (QED) is 0.128. The maximum absolute atomic E-state index is 10.7. The summed E-state index contributed by atoms with van der Waals surface area (Å²) in [6.07, 6.45) is 11.9. The van der Waals surface area contributed by atoms with Gasteiger partial charge in [0.2, 0.25) is 0 Å². The van der Waals surface area contributed by atoms with Crippen LogP contribution in [0.25, 0.3) is 0 Å². The Balaban J connectivity index is -0.000000410. The van der Waals surface area contributed by atoms with Crippen LogP contribution in [-0.4, -0.2) is 31.4 Å². The van der Waals surface area contributed by atoms with Crippen molar-refractivity contribution in [2.45, 2.75) is 116 Å². The molecule has 0 aliphatic carbocycles. The molecule has 29 heavy (non-hydrogen) atoms. The molecular weight excluding hydrogens is 503 g/mol. The van der Waals surface area contributed by atoms with E-state index >= 15 is 0 Å². The normalized spacial score (nSPS) is 12.2. The molecule has 2 nitrogen and oxygen atoms in total. The number of hydrogen-bond acceptors (Lipinski definition) is 4. The molecule has 0 heterocycles. The molecule has 2 atom stereocenters. The Morgan fingerprint density at radius 2 is 0.828 bits per heavy atom. The van der Waals surface area contributed by atoms with Crippen LogP contribution in [0.1, 0.15) is 106 Å². The fourth-order valence-electron chi connectivity index (χ4n) is 2.60. The second-order valence-corrected chi connectivity index (χ2v) is 12.7. The third-order valence-corrected chi connectivity index (χ3v) is 5.45. The number of hydrogen-bond donors (Lipinski definition) is 0. The Labute approximate surface area is 204 Å². The molecule has 0 radical (unpaired) electrons. The van der Waals surface area contributed by atoms with E-state index in [4.69, 9.17) is 0 Å². The van der Waals surface area contributed by atoms with E-state index < -0.39 is 0 Å². The molecule has 0 amide bonds. The van der Waals surface area contributed by atoms with Crippen molar-refractivity contribution in [2.24, 2.45) is 23.7 Å². The summed E-state index contributed by atoms with van der Waals surface area (Å²) in [5, 5.41) is -0.160. The van der Waals surface area contributed by atoms with Crippen LogP contribution in [0.4, 0.5) is 0 Å². The summed E-state index contributed by atoms with van der Waals surface area (Å²) >= 11 is 9.39. The Morgan fingerprint density at radius 1 is 0.586 bits per heavy atom. The van der Waals surface area contributed by atoms with Crippen molar-refractivity contribution >= 4 is 56.6 Å². The average Bonchev–Trinajstić information content (AvgIpc) is 2.61. The SMILES string of the molecule is CC(C)CCCCCC(C)C(=O)[S-].CC(C)CCCCCC(C)C(=O)[S-].[CH3][Sn+2][CH3]. The van der Waals surface area contributed by atoms with Crippen molar-refractivity contribution in [1.29, 1.82) is 0 Å². The van der Waals surface area contributed by atoms with Gasteiger partial charge in [-0.05, 0) is 36.5 Å². The zero-order chi connectivity index (χ0) is 23.2. The molecule has 0 aromatic heterocycles. The van der Waals surface area contributed by atoms with Crippen molar-refractivity contribution in [2.75, 3.05) is 0 Å². The summed E-state index contributed by atoms with van der Waals surface area (Å²) in [4.78, 5) is 26.1. The Bertz CT molecular complexity index is 340. The van der Waals surface area contributed by atoms with Crippen LogP contribution in [0.2, 0.25) is 9.88 Å². The first-order valence-electron chi connectivity index (χ1n) is 11.5. The molecule has 0 saturated heterocycles. The van der Waals surface area contributed by atoms with Crippen LogP contribution in [0.15, 0.2) is 0 Å².